The van der Waals surface area contributed by atoms with Gasteiger partial charge in [0.15, 0.2) is 6.67 Å². The van der Waals surface area contributed by atoms with E-state index in [9.17, 15) is 39.5 Å². The van der Waals surface area contributed by atoms with Crippen molar-refractivity contribution in [3.05, 3.63) is 0 Å². The molecule has 140 valence electrons. The molecule has 0 radical (unpaired) electrons. The molecule has 23 heavy (non-hydrogen) atoms. The lowest BCUT2D eigenvalue weighted by molar-refractivity contribution is -0.336. The monoisotopic (exact) mass is 584 g/mol. The standard InChI is InChI=1S/C12H15F9I2/c1-2-3-4-5-8(14,11(18,19)9(15,16)6-13)12(20,21)10(17,23)7-22/h2-7H2,1H3. The van der Waals surface area contributed by atoms with E-state index in [1.165, 1.54) is 6.92 Å². The maximum Gasteiger partial charge on any atom is 0.352 e. The van der Waals surface area contributed by atoms with E-state index in [1.54, 1.807) is 0 Å². The highest BCUT2D eigenvalue weighted by molar-refractivity contribution is 14.1. The highest BCUT2D eigenvalue weighted by Gasteiger charge is 2.82. The number of unbranched alkanes of at least 4 members (excludes halogenated alkanes) is 2. The van der Waals surface area contributed by atoms with Crippen LogP contribution in [0.4, 0.5) is 39.5 Å². The molecule has 0 aliphatic carbocycles. The highest BCUT2D eigenvalue weighted by Crippen LogP contribution is 2.59. The minimum absolute atomic E-state index is 0.0101. The van der Waals surface area contributed by atoms with Crippen molar-refractivity contribution in [1.82, 2.24) is 0 Å². The van der Waals surface area contributed by atoms with E-state index in [-0.39, 0.29) is 6.42 Å². The highest BCUT2D eigenvalue weighted by atomic mass is 127. The van der Waals surface area contributed by atoms with E-state index < -0.39 is 51.1 Å². The van der Waals surface area contributed by atoms with Gasteiger partial charge in [0.25, 0.3) is 0 Å². The largest absolute Gasteiger partial charge is 0.352 e. The molecule has 0 aromatic carbocycles. The molecule has 0 aromatic heterocycles. The molecule has 0 fully saturated rings. The number of alkyl halides is 11. The molecule has 2 unspecified atom stereocenters. The lowest BCUT2D eigenvalue weighted by atomic mass is 9.80. The Morgan fingerprint density at radius 1 is 0.826 bits per heavy atom. The van der Waals surface area contributed by atoms with Gasteiger partial charge in [-0.1, -0.05) is 42.4 Å². The van der Waals surface area contributed by atoms with Crippen molar-refractivity contribution in [2.24, 2.45) is 0 Å². The fourth-order valence-corrected chi connectivity index (χ4v) is 2.78. The Bertz CT molecular complexity index is 357. The predicted octanol–water partition coefficient (Wildman–Crippen LogP) is 6.69. The maximum absolute atomic E-state index is 14.6. The molecule has 0 amide bonds. The van der Waals surface area contributed by atoms with Crippen LogP contribution < -0.4 is 0 Å². The van der Waals surface area contributed by atoms with Crippen LogP contribution in [0.15, 0.2) is 0 Å². The topological polar surface area (TPSA) is 0 Å². The summed E-state index contributed by atoms with van der Waals surface area (Å²) in [6.07, 6.45) is -2.04. The lowest BCUT2D eigenvalue weighted by Crippen LogP contribution is -2.69. The average molecular weight is 584 g/mol. The van der Waals surface area contributed by atoms with Gasteiger partial charge in [0.1, 0.15) is 0 Å². The van der Waals surface area contributed by atoms with Crippen LogP contribution in [0.25, 0.3) is 0 Å². The van der Waals surface area contributed by atoms with E-state index in [0.717, 1.165) is 22.6 Å². The van der Waals surface area contributed by atoms with Crippen LogP contribution in [0.3, 0.4) is 0 Å². The Hall–Kier alpha value is 0.830. The molecule has 0 N–H and O–H groups in total. The van der Waals surface area contributed by atoms with Gasteiger partial charge < -0.3 is 0 Å². The first-order chi connectivity index (χ1) is 10.2. The molecule has 0 saturated heterocycles. The average Bonchev–Trinajstić information content (AvgIpc) is 2.46. The Balaban J connectivity index is 6.13. The first kappa shape index (κ1) is 23.8. The third kappa shape index (κ3) is 4.15. The molecule has 0 rings (SSSR count). The number of halogens is 11. The Morgan fingerprint density at radius 2 is 1.30 bits per heavy atom. The second-order valence-electron chi connectivity index (χ2n) is 5.08. The smallest absolute Gasteiger partial charge is 0.244 e. The summed E-state index contributed by atoms with van der Waals surface area (Å²) in [4.78, 5) is 0. The number of hydrogen-bond donors (Lipinski definition) is 0. The normalized spacial score (nSPS) is 19.3. The van der Waals surface area contributed by atoms with Gasteiger partial charge in [-0.3, -0.25) is 0 Å². The van der Waals surface area contributed by atoms with Crippen molar-refractivity contribution in [3.8, 4) is 0 Å². The van der Waals surface area contributed by atoms with E-state index in [4.69, 9.17) is 0 Å². The molecule has 0 aromatic rings. The van der Waals surface area contributed by atoms with Crippen molar-refractivity contribution in [3.63, 3.8) is 0 Å². The van der Waals surface area contributed by atoms with Gasteiger partial charge in [0, 0.05) is 4.43 Å². The molecular weight excluding hydrogens is 569 g/mol. The molecule has 0 heterocycles. The fraction of sp³-hybridized carbons (Fsp3) is 1.00. The number of rotatable bonds is 10. The van der Waals surface area contributed by atoms with Gasteiger partial charge in [-0.2, -0.15) is 26.3 Å². The summed E-state index contributed by atoms with van der Waals surface area (Å²) in [5.74, 6) is -17.2. The van der Waals surface area contributed by atoms with Crippen LogP contribution in [0, 0.1) is 0 Å². The van der Waals surface area contributed by atoms with Crippen LogP contribution in [0.1, 0.15) is 32.6 Å². The summed E-state index contributed by atoms with van der Waals surface area (Å²) >= 11 is 1.48. The minimum atomic E-state index is -6.08. The van der Waals surface area contributed by atoms with E-state index >= 15 is 0 Å². The first-order valence-corrected chi connectivity index (χ1v) is 9.11. The van der Waals surface area contributed by atoms with Crippen molar-refractivity contribution in [2.45, 2.75) is 59.7 Å². The van der Waals surface area contributed by atoms with Crippen molar-refractivity contribution >= 4 is 45.2 Å². The summed E-state index contributed by atoms with van der Waals surface area (Å²) in [5.41, 5.74) is -5.23. The lowest BCUT2D eigenvalue weighted by Gasteiger charge is -2.44. The fourth-order valence-electron chi connectivity index (χ4n) is 1.88. The third-order valence-electron chi connectivity index (χ3n) is 3.37. The van der Waals surface area contributed by atoms with E-state index in [2.05, 4.69) is 0 Å². The molecule has 0 aliphatic rings. The van der Waals surface area contributed by atoms with Crippen LogP contribution in [0.2, 0.25) is 0 Å². The van der Waals surface area contributed by atoms with Crippen LogP contribution in [-0.4, -0.2) is 38.2 Å². The van der Waals surface area contributed by atoms with Crippen LogP contribution >= 0.6 is 45.2 Å². The van der Waals surface area contributed by atoms with Crippen LogP contribution in [-0.2, 0) is 0 Å². The van der Waals surface area contributed by atoms with E-state index in [0.29, 0.717) is 29.0 Å². The quantitative estimate of drug-likeness (QED) is 0.116. The zero-order chi connectivity index (χ0) is 18.7. The van der Waals surface area contributed by atoms with Crippen molar-refractivity contribution < 1.29 is 39.5 Å². The second kappa shape index (κ2) is 8.02. The zero-order valence-corrected chi connectivity index (χ0v) is 16.2. The van der Waals surface area contributed by atoms with Gasteiger partial charge in [-0.05, 0) is 35.4 Å². The Kier molecular flexibility index (Phi) is 8.31. The molecule has 2 atom stereocenters. The molecule has 11 heteroatoms. The van der Waals surface area contributed by atoms with Crippen molar-refractivity contribution in [1.29, 1.82) is 0 Å². The summed E-state index contributed by atoms with van der Waals surface area (Å²) in [7, 11) is 0. The maximum atomic E-state index is 14.6. The predicted molar refractivity (Wildman–Crippen MR) is 85.5 cm³/mol. The van der Waals surface area contributed by atoms with E-state index in [1.807, 2.05) is 0 Å². The third-order valence-corrected chi connectivity index (χ3v) is 6.94. The van der Waals surface area contributed by atoms with Gasteiger partial charge in [-0.25, -0.2) is 13.2 Å². The molecule has 0 aliphatic heterocycles. The molecule has 0 spiro atoms. The summed E-state index contributed by atoms with van der Waals surface area (Å²) < 4.78 is 118. The van der Waals surface area contributed by atoms with Crippen molar-refractivity contribution in [2.75, 3.05) is 11.1 Å². The van der Waals surface area contributed by atoms with Crippen LogP contribution in [0.5, 0.6) is 0 Å². The van der Waals surface area contributed by atoms with Gasteiger partial charge >= 0.3 is 17.8 Å². The molecule has 0 saturated carbocycles. The molecule has 0 nitrogen and oxygen atoms in total. The molecular formula is C12H15F9I2. The Labute approximate surface area is 155 Å². The van der Waals surface area contributed by atoms with Gasteiger partial charge in [-0.15, -0.1) is 0 Å². The summed E-state index contributed by atoms with van der Waals surface area (Å²) in [5, 5.41) is 0. The SMILES string of the molecule is CCCCCC(F)(C(F)(F)C(F)(F)CF)C(F)(F)C(F)(I)CI. The summed E-state index contributed by atoms with van der Waals surface area (Å²) in [6.45, 7) is -1.50. The zero-order valence-electron chi connectivity index (χ0n) is 11.9. The van der Waals surface area contributed by atoms with Gasteiger partial charge in [0.05, 0.1) is 0 Å². The minimum Gasteiger partial charge on any atom is -0.244 e. The van der Waals surface area contributed by atoms with Gasteiger partial charge in [0.2, 0.25) is 9.34 Å². The Morgan fingerprint density at radius 3 is 1.65 bits per heavy atom. The molecule has 0 bridgehead atoms. The first-order valence-electron chi connectivity index (χ1n) is 6.50. The summed E-state index contributed by atoms with van der Waals surface area (Å²) in [6, 6.07) is 0. The number of hydrogen-bond acceptors (Lipinski definition) is 0. The second-order valence-corrected chi connectivity index (χ2v) is 7.56.